The number of unbranched alkanes of at least 4 members (excludes halogenated alkanes) is 1. The Hall–Kier alpha value is -1.10. The number of hydrogen-bond acceptors (Lipinski definition) is 3. The predicted octanol–water partition coefficient (Wildman–Crippen LogP) is 1.13. The molecule has 1 amide bonds. The fourth-order valence-corrected chi connectivity index (χ4v) is 1.47. The molecule has 0 rings (SSSR count). The Morgan fingerprint density at radius 2 is 1.82 bits per heavy atom. The van der Waals surface area contributed by atoms with Crippen LogP contribution in [0.4, 0.5) is 0 Å². The third kappa shape index (κ3) is 6.94. The average molecular weight is 244 g/mol. The number of nitrogens with one attached hydrogen (secondary N) is 2. The summed E-state index contributed by atoms with van der Waals surface area (Å²) in [6, 6.07) is -1.08. The Morgan fingerprint density at radius 3 is 2.24 bits per heavy atom. The minimum Gasteiger partial charge on any atom is -0.480 e. The molecule has 0 aromatic rings. The van der Waals surface area contributed by atoms with Crippen molar-refractivity contribution in [2.45, 2.75) is 65.1 Å². The molecule has 3 N–H and O–H groups in total. The lowest BCUT2D eigenvalue weighted by Crippen LogP contribution is -2.50. The van der Waals surface area contributed by atoms with Gasteiger partial charge in [0.1, 0.15) is 6.04 Å². The molecule has 0 radical (unpaired) electrons. The van der Waals surface area contributed by atoms with Crippen LogP contribution in [0.3, 0.4) is 0 Å². The van der Waals surface area contributed by atoms with Crippen molar-refractivity contribution in [1.29, 1.82) is 0 Å². The van der Waals surface area contributed by atoms with Crippen molar-refractivity contribution in [3.63, 3.8) is 0 Å². The van der Waals surface area contributed by atoms with E-state index in [1.807, 2.05) is 20.8 Å². The van der Waals surface area contributed by atoms with Gasteiger partial charge in [-0.2, -0.15) is 0 Å². The lowest BCUT2D eigenvalue weighted by Gasteiger charge is -2.20. The first-order chi connectivity index (χ1) is 7.88. The van der Waals surface area contributed by atoms with Gasteiger partial charge in [-0.25, -0.2) is 0 Å². The van der Waals surface area contributed by atoms with Gasteiger partial charge in [0.15, 0.2) is 0 Å². The Balaban J connectivity index is 4.24. The van der Waals surface area contributed by atoms with Crippen molar-refractivity contribution >= 4 is 11.9 Å². The first-order valence-corrected chi connectivity index (χ1v) is 6.17. The molecule has 2 atom stereocenters. The van der Waals surface area contributed by atoms with Gasteiger partial charge in [-0.15, -0.1) is 0 Å². The van der Waals surface area contributed by atoms with Gasteiger partial charge in [0.05, 0.1) is 6.04 Å². The Bertz CT molecular complexity index is 254. The quantitative estimate of drug-likeness (QED) is 0.598. The molecule has 0 saturated carbocycles. The molecule has 0 fully saturated rings. The van der Waals surface area contributed by atoms with E-state index in [4.69, 9.17) is 5.11 Å². The van der Waals surface area contributed by atoms with Crippen LogP contribution in [0.5, 0.6) is 0 Å². The second kappa shape index (κ2) is 8.06. The first kappa shape index (κ1) is 15.9. The van der Waals surface area contributed by atoms with Crippen LogP contribution >= 0.6 is 0 Å². The fourth-order valence-electron chi connectivity index (χ4n) is 1.47. The van der Waals surface area contributed by atoms with E-state index in [-0.39, 0.29) is 11.9 Å². The summed E-state index contributed by atoms with van der Waals surface area (Å²) in [4.78, 5) is 22.6. The molecule has 0 bridgehead atoms. The lowest BCUT2D eigenvalue weighted by atomic mass is 10.1. The largest absolute Gasteiger partial charge is 0.480 e. The Kier molecular flexibility index (Phi) is 7.54. The molecular weight excluding hydrogens is 220 g/mol. The summed E-state index contributed by atoms with van der Waals surface area (Å²) in [6.45, 7) is 7.43. The van der Waals surface area contributed by atoms with Gasteiger partial charge in [0, 0.05) is 6.04 Å². The smallest absolute Gasteiger partial charge is 0.320 e. The average Bonchev–Trinajstić information content (AvgIpc) is 2.22. The van der Waals surface area contributed by atoms with Gasteiger partial charge in [-0.1, -0.05) is 19.8 Å². The summed E-state index contributed by atoms with van der Waals surface area (Å²) in [5.41, 5.74) is 0. The SMILES string of the molecule is CCCCC(NC(C)C(=O)NC(C)C)C(=O)O. The minimum absolute atomic E-state index is 0.0608. The molecule has 0 saturated heterocycles. The maximum absolute atomic E-state index is 11.6. The van der Waals surface area contributed by atoms with Crippen LogP contribution in [0, 0.1) is 0 Å². The molecule has 5 nitrogen and oxygen atoms in total. The summed E-state index contributed by atoms with van der Waals surface area (Å²) in [7, 11) is 0. The topological polar surface area (TPSA) is 78.4 Å². The van der Waals surface area contributed by atoms with Crippen molar-refractivity contribution in [3.8, 4) is 0 Å². The van der Waals surface area contributed by atoms with Gasteiger partial charge in [0.2, 0.25) is 5.91 Å². The summed E-state index contributed by atoms with van der Waals surface area (Å²) in [5, 5.41) is 14.6. The van der Waals surface area contributed by atoms with Crippen LogP contribution in [0.1, 0.15) is 47.0 Å². The Labute approximate surface area is 103 Å². The number of carboxylic acid groups (broad SMARTS) is 1. The van der Waals surface area contributed by atoms with Crippen LogP contribution in [0.2, 0.25) is 0 Å². The zero-order chi connectivity index (χ0) is 13.4. The molecular formula is C12H24N2O3. The monoisotopic (exact) mass is 244 g/mol. The maximum atomic E-state index is 11.6. The number of carbonyl (C=O) groups is 2. The molecule has 17 heavy (non-hydrogen) atoms. The molecule has 0 spiro atoms. The molecule has 0 aromatic heterocycles. The third-order valence-electron chi connectivity index (χ3n) is 2.42. The van der Waals surface area contributed by atoms with Gasteiger partial charge in [-0.3, -0.25) is 14.9 Å². The number of amides is 1. The molecule has 0 heterocycles. The van der Waals surface area contributed by atoms with Gasteiger partial charge >= 0.3 is 5.97 Å². The fraction of sp³-hybridized carbons (Fsp3) is 0.833. The minimum atomic E-state index is -0.900. The molecule has 5 heteroatoms. The van der Waals surface area contributed by atoms with Gasteiger partial charge in [0.25, 0.3) is 0 Å². The van der Waals surface area contributed by atoms with E-state index in [0.717, 1.165) is 12.8 Å². The van der Waals surface area contributed by atoms with E-state index < -0.39 is 18.1 Å². The van der Waals surface area contributed by atoms with E-state index in [1.165, 1.54) is 0 Å². The second-order valence-electron chi connectivity index (χ2n) is 4.58. The highest BCUT2D eigenvalue weighted by Crippen LogP contribution is 2.02. The number of carboxylic acids is 1. The number of hydrogen-bond donors (Lipinski definition) is 3. The molecule has 0 aliphatic carbocycles. The van der Waals surface area contributed by atoms with Crippen molar-refractivity contribution in [2.24, 2.45) is 0 Å². The Morgan fingerprint density at radius 1 is 1.24 bits per heavy atom. The zero-order valence-electron chi connectivity index (χ0n) is 11.1. The highest BCUT2D eigenvalue weighted by atomic mass is 16.4. The number of aliphatic carboxylic acids is 1. The lowest BCUT2D eigenvalue weighted by molar-refractivity contribution is -0.140. The second-order valence-corrected chi connectivity index (χ2v) is 4.58. The molecule has 100 valence electrons. The number of carbonyl (C=O) groups excluding carboxylic acids is 1. The first-order valence-electron chi connectivity index (χ1n) is 6.17. The number of rotatable bonds is 8. The standard InChI is InChI=1S/C12H24N2O3/c1-5-6-7-10(12(16)17)14-9(4)11(15)13-8(2)3/h8-10,14H,5-7H2,1-4H3,(H,13,15)(H,16,17). The van der Waals surface area contributed by atoms with Crippen molar-refractivity contribution in [2.75, 3.05) is 0 Å². The third-order valence-corrected chi connectivity index (χ3v) is 2.42. The van der Waals surface area contributed by atoms with E-state index in [9.17, 15) is 9.59 Å². The summed E-state index contributed by atoms with van der Waals surface area (Å²) < 4.78 is 0. The van der Waals surface area contributed by atoms with Crippen LogP contribution in [0.15, 0.2) is 0 Å². The predicted molar refractivity (Wildman–Crippen MR) is 66.8 cm³/mol. The highest BCUT2D eigenvalue weighted by molar-refractivity contribution is 5.82. The molecule has 0 aliphatic heterocycles. The van der Waals surface area contributed by atoms with E-state index in [0.29, 0.717) is 6.42 Å². The van der Waals surface area contributed by atoms with E-state index in [1.54, 1.807) is 6.92 Å². The van der Waals surface area contributed by atoms with Crippen LogP contribution in [-0.2, 0) is 9.59 Å². The van der Waals surface area contributed by atoms with Gasteiger partial charge in [-0.05, 0) is 27.2 Å². The summed E-state index contributed by atoms with van der Waals surface area (Å²) in [5.74, 6) is -1.06. The molecule has 0 aliphatic rings. The van der Waals surface area contributed by atoms with Crippen molar-refractivity contribution in [1.82, 2.24) is 10.6 Å². The van der Waals surface area contributed by atoms with E-state index in [2.05, 4.69) is 10.6 Å². The normalized spacial score (nSPS) is 14.4. The maximum Gasteiger partial charge on any atom is 0.320 e. The van der Waals surface area contributed by atoms with Crippen LogP contribution in [-0.4, -0.2) is 35.1 Å². The summed E-state index contributed by atoms with van der Waals surface area (Å²) >= 11 is 0. The zero-order valence-corrected chi connectivity index (χ0v) is 11.1. The molecule has 2 unspecified atom stereocenters. The van der Waals surface area contributed by atoms with E-state index >= 15 is 0 Å². The van der Waals surface area contributed by atoms with Crippen LogP contribution in [0.25, 0.3) is 0 Å². The van der Waals surface area contributed by atoms with Crippen molar-refractivity contribution < 1.29 is 14.7 Å². The summed E-state index contributed by atoms with van der Waals surface area (Å²) in [6.07, 6.45) is 2.33. The van der Waals surface area contributed by atoms with Crippen LogP contribution < -0.4 is 10.6 Å². The van der Waals surface area contributed by atoms with Crippen molar-refractivity contribution in [3.05, 3.63) is 0 Å². The molecule has 0 aromatic carbocycles. The van der Waals surface area contributed by atoms with Gasteiger partial charge < -0.3 is 10.4 Å². The highest BCUT2D eigenvalue weighted by Gasteiger charge is 2.22.